The van der Waals surface area contributed by atoms with Gasteiger partial charge in [-0.2, -0.15) is 4.31 Å². The zero-order chi connectivity index (χ0) is 21.0. The van der Waals surface area contributed by atoms with Crippen LogP contribution >= 0.6 is 0 Å². The number of nitrogens with zero attached hydrogens (tertiary/aromatic N) is 4. The molecular formula is C19H24N4O5S. The number of rotatable bonds is 6. The number of carbonyl (C=O) groups excluding carboxylic acids is 1. The van der Waals surface area contributed by atoms with Gasteiger partial charge in [-0.1, -0.05) is 0 Å². The molecule has 0 N–H and O–H groups in total. The lowest BCUT2D eigenvalue weighted by molar-refractivity contribution is 0.0600. The van der Waals surface area contributed by atoms with E-state index in [4.69, 9.17) is 4.74 Å². The predicted molar refractivity (Wildman–Crippen MR) is 107 cm³/mol. The Kier molecular flexibility index (Phi) is 6.33. The number of benzene rings is 1. The third-order valence-electron chi connectivity index (χ3n) is 4.63. The summed E-state index contributed by atoms with van der Waals surface area (Å²) in [6.45, 7) is 0.629. The highest BCUT2D eigenvalue weighted by Crippen LogP contribution is 2.23. The van der Waals surface area contributed by atoms with Crippen molar-refractivity contribution in [3.05, 3.63) is 42.0 Å². The Balaban J connectivity index is 1.69. The van der Waals surface area contributed by atoms with Crippen LogP contribution in [0.2, 0.25) is 0 Å². The molecule has 10 heteroatoms. The Morgan fingerprint density at radius 2 is 1.86 bits per heavy atom. The molecule has 1 aromatic carbocycles. The molecular weight excluding hydrogens is 396 g/mol. The van der Waals surface area contributed by atoms with Crippen LogP contribution in [0.5, 0.6) is 5.88 Å². The van der Waals surface area contributed by atoms with Gasteiger partial charge in [-0.05, 0) is 43.2 Å². The van der Waals surface area contributed by atoms with E-state index in [1.165, 1.54) is 35.7 Å². The number of hydrogen-bond donors (Lipinski definition) is 0. The molecule has 1 atom stereocenters. The summed E-state index contributed by atoms with van der Waals surface area (Å²) in [6, 6.07) is 9.23. The van der Waals surface area contributed by atoms with Crippen LogP contribution in [0.15, 0.2) is 41.3 Å². The van der Waals surface area contributed by atoms with Gasteiger partial charge in [0.05, 0.1) is 24.1 Å². The summed E-state index contributed by atoms with van der Waals surface area (Å²) < 4.78 is 37.8. The van der Waals surface area contributed by atoms with Crippen LogP contribution in [-0.4, -0.2) is 69.3 Å². The second-order valence-corrected chi connectivity index (χ2v) is 8.82. The lowest BCUT2D eigenvalue weighted by Crippen LogP contribution is -2.44. The molecule has 1 aliphatic rings. The second-order valence-electron chi connectivity index (χ2n) is 6.89. The fourth-order valence-electron chi connectivity index (χ4n) is 3.03. The van der Waals surface area contributed by atoms with Crippen molar-refractivity contribution in [1.82, 2.24) is 14.5 Å². The van der Waals surface area contributed by atoms with Crippen molar-refractivity contribution in [2.24, 2.45) is 0 Å². The SMILES string of the molecule is COC(=O)c1ccc(S(=O)(=O)N2CCCC(Oc3ccc(N(C)C)nn3)C2)cc1. The molecule has 2 heterocycles. The van der Waals surface area contributed by atoms with Crippen LogP contribution in [-0.2, 0) is 14.8 Å². The van der Waals surface area contributed by atoms with E-state index in [2.05, 4.69) is 14.9 Å². The van der Waals surface area contributed by atoms with Gasteiger partial charge < -0.3 is 14.4 Å². The molecule has 156 valence electrons. The predicted octanol–water partition coefficient (Wildman–Crippen LogP) is 1.56. The van der Waals surface area contributed by atoms with Crippen LogP contribution in [0, 0.1) is 0 Å². The molecule has 0 bridgehead atoms. The fourth-order valence-corrected chi connectivity index (χ4v) is 4.54. The van der Waals surface area contributed by atoms with Crippen LogP contribution in [0.3, 0.4) is 0 Å². The minimum Gasteiger partial charge on any atom is -0.472 e. The van der Waals surface area contributed by atoms with Gasteiger partial charge in [0.15, 0.2) is 5.82 Å². The minimum absolute atomic E-state index is 0.126. The maximum Gasteiger partial charge on any atom is 0.337 e. The second kappa shape index (κ2) is 8.75. The van der Waals surface area contributed by atoms with Crippen molar-refractivity contribution in [2.75, 3.05) is 39.2 Å². The zero-order valence-corrected chi connectivity index (χ0v) is 17.4. The maximum atomic E-state index is 13.0. The van der Waals surface area contributed by atoms with E-state index in [1.54, 1.807) is 12.1 Å². The molecule has 0 aliphatic carbocycles. The van der Waals surface area contributed by atoms with E-state index < -0.39 is 16.0 Å². The monoisotopic (exact) mass is 420 g/mol. The van der Waals surface area contributed by atoms with Crippen LogP contribution < -0.4 is 9.64 Å². The summed E-state index contributed by atoms with van der Waals surface area (Å²) in [5.74, 6) is 0.560. The number of sulfonamides is 1. The number of anilines is 1. The van der Waals surface area contributed by atoms with E-state index in [0.29, 0.717) is 30.2 Å². The summed E-state index contributed by atoms with van der Waals surface area (Å²) in [7, 11) is 1.32. The van der Waals surface area contributed by atoms with Crippen LogP contribution in [0.4, 0.5) is 5.82 Å². The Hall–Kier alpha value is -2.72. The van der Waals surface area contributed by atoms with Gasteiger partial charge in [0.1, 0.15) is 6.10 Å². The number of hydrogen-bond acceptors (Lipinski definition) is 8. The lowest BCUT2D eigenvalue weighted by atomic mass is 10.1. The van der Waals surface area contributed by atoms with E-state index in [1.807, 2.05) is 19.0 Å². The summed E-state index contributed by atoms with van der Waals surface area (Å²) >= 11 is 0. The van der Waals surface area contributed by atoms with Crippen molar-refractivity contribution in [1.29, 1.82) is 0 Å². The minimum atomic E-state index is -3.70. The molecule has 2 aromatic rings. The zero-order valence-electron chi connectivity index (χ0n) is 16.6. The molecule has 1 aliphatic heterocycles. The molecule has 1 aromatic heterocycles. The summed E-state index contributed by atoms with van der Waals surface area (Å²) in [4.78, 5) is 13.5. The molecule has 3 rings (SSSR count). The summed E-state index contributed by atoms with van der Waals surface area (Å²) in [6.07, 6.45) is 1.09. The Morgan fingerprint density at radius 3 is 2.45 bits per heavy atom. The number of esters is 1. The first-order chi connectivity index (χ1) is 13.8. The van der Waals surface area contributed by atoms with Crippen LogP contribution in [0.25, 0.3) is 0 Å². The average molecular weight is 420 g/mol. The molecule has 9 nitrogen and oxygen atoms in total. The van der Waals surface area contributed by atoms with Crippen molar-refractivity contribution in [2.45, 2.75) is 23.8 Å². The first-order valence-corrected chi connectivity index (χ1v) is 10.6. The fraction of sp³-hybridized carbons (Fsp3) is 0.421. The molecule has 1 saturated heterocycles. The molecule has 1 fully saturated rings. The molecule has 0 spiro atoms. The Morgan fingerprint density at radius 1 is 1.14 bits per heavy atom. The van der Waals surface area contributed by atoms with E-state index in [9.17, 15) is 13.2 Å². The standard InChI is InChI=1S/C19H24N4O5S/c1-22(2)17-10-11-18(21-20-17)28-15-5-4-12-23(13-15)29(25,26)16-8-6-14(7-9-16)19(24)27-3/h6-11,15H,4-5,12-13H2,1-3H3. The topological polar surface area (TPSA) is 102 Å². The highest BCUT2D eigenvalue weighted by molar-refractivity contribution is 7.89. The molecule has 0 amide bonds. The van der Waals surface area contributed by atoms with Crippen molar-refractivity contribution >= 4 is 21.8 Å². The highest BCUT2D eigenvalue weighted by atomic mass is 32.2. The largest absolute Gasteiger partial charge is 0.472 e. The van der Waals surface area contributed by atoms with Gasteiger partial charge in [-0.15, -0.1) is 10.2 Å². The van der Waals surface area contributed by atoms with Gasteiger partial charge in [0, 0.05) is 26.7 Å². The third-order valence-corrected chi connectivity index (χ3v) is 6.51. The van der Waals surface area contributed by atoms with Gasteiger partial charge in [-0.25, -0.2) is 13.2 Å². The molecule has 0 saturated carbocycles. The highest BCUT2D eigenvalue weighted by Gasteiger charge is 2.31. The van der Waals surface area contributed by atoms with Crippen molar-refractivity contribution in [3.63, 3.8) is 0 Å². The molecule has 29 heavy (non-hydrogen) atoms. The van der Waals surface area contributed by atoms with Gasteiger partial charge >= 0.3 is 5.97 Å². The first-order valence-electron chi connectivity index (χ1n) is 9.17. The lowest BCUT2D eigenvalue weighted by Gasteiger charge is -2.31. The van der Waals surface area contributed by atoms with E-state index in [-0.39, 0.29) is 17.5 Å². The Bertz CT molecular complexity index is 946. The molecule has 1 unspecified atom stereocenters. The van der Waals surface area contributed by atoms with Crippen molar-refractivity contribution < 1.29 is 22.7 Å². The number of methoxy groups -OCH3 is 1. The first kappa shape index (κ1) is 21.0. The summed E-state index contributed by atoms with van der Waals surface area (Å²) in [5, 5.41) is 8.12. The maximum absolute atomic E-state index is 13.0. The summed E-state index contributed by atoms with van der Waals surface area (Å²) in [5.41, 5.74) is 0.297. The number of ether oxygens (including phenoxy) is 2. The smallest absolute Gasteiger partial charge is 0.337 e. The molecule has 0 radical (unpaired) electrons. The van der Waals surface area contributed by atoms with E-state index in [0.717, 1.165) is 6.42 Å². The average Bonchev–Trinajstić information content (AvgIpc) is 2.74. The van der Waals surface area contributed by atoms with Gasteiger partial charge in [0.2, 0.25) is 15.9 Å². The third kappa shape index (κ3) is 4.83. The van der Waals surface area contributed by atoms with Crippen molar-refractivity contribution in [3.8, 4) is 5.88 Å². The number of aromatic nitrogens is 2. The van der Waals surface area contributed by atoms with Crippen LogP contribution in [0.1, 0.15) is 23.2 Å². The normalized spacial score (nSPS) is 17.6. The van der Waals surface area contributed by atoms with Gasteiger partial charge in [-0.3, -0.25) is 0 Å². The Labute approximate surface area is 170 Å². The number of piperidine rings is 1. The quantitative estimate of drug-likeness (QED) is 0.649. The number of carbonyl (C=O) groups is 1. The van der Waals surface area contributed by atoms with Gasteiger partial charge in [0.25, 0.3) is 0 Å². The van der Waals surface area contributed by atoms with E-state index >= 15 is 0 Å².